The summed E-state index contributed by atoms with van der Waals surface area (Å²) in [7, 11) is 1.67. The second-order valence-corrected chi connectivity index (χ2v) is 4.68. The van der Waals surface area contributed by atoms with Crippen molar-refractivity contribution in [2.45, 2.75) is 27.2 Å². The molecule has 6 heteroatoms. The highest BCUT2D eigenvalue weighted by molar-refractivity contribution is 6.21. The van der Waals surface area contributed by atoms with Gasteiger partial charge in [-0.05, 0) is 6.92 Å². The van der Waals surface area contributed by atoms with Crippen LogP contribution in [-0.2, 0) is 16.6 Å². The lowest BCUT2D eigenvalue weighted by Crippen LogP contribution is -2.34. The summed E-state index contributed by atoms with van der Waals surface area (Å²) in [4.78, 5) is 29.0. The molecule has 0 unspecified atom stereocenters. The zero-order valence-electron chi connectivity index (χ0n) is 9.81. The highest BCUT2D eigenvalue weighted by Gasteiger charge is 2.47. The van der Waals surface area contributed by atoms with Gasteiger partial charge in [0.05, 0.1) is 5.41 Å². The molecule has 2 rings (SSSR count). The van der Waals surface area contributed by atoms with Crippen molar-refractivity contribution in [3.63, 3.8) is 0 Å². The van der Waals surface area contributed by atoms with E-state index in [1.807, 2.05) is 0 Å². The van der Waals surface area contributed by atoms with Crippen molar-refractivity contribution in [2.75, 3.05) is 4.90 Å². The fraction of sp³-hybridized carbons (Fsp3) is 0.600. The third-order valence-corrected chi connectivity index (χ3v) is 2.67. The molecule has 1 aliphatic rings. The SMILES string of the molecule is Cc1nc(N2C(=O)CC(C)(C)C2=O)n(C)n1. The normalized spacial score (nSPS) is 19.6. The summed E-state index contributed by atoms with van der Waals surface area (Å²) in [5, 5.41) is 4.03. The largest absolute Gasteiger partial charge is 0.274 e. The minimum absolute atomic E-state index is 0.215. The molecule has 0 atom stereocenters. The Balaban J connectivity index is 2.46. The molecule has 0 spiro atoms. The molecule has 1 fully saturated rings. The maximum Gasteiger partial charge on any atom is 0.242 e. The predicted molar refractivity (Wildman–Crippen MR) is 56.6 cm³/mol. The molecule has 1 aromatic heterocycles. The van der Waals surface area contributed by atoms with Crippen LogP contribution in [-0.4, -0.2) is 26.6 Å². The molecule has 0 aliphatic carbocycles. The number of hydrogen-bond donors (Lipinski definition) is 0. The molecule has 2 amide bonds. The number of imide groups is 1. The first-order valence-electron chi connectivity index (χ1n) is 5.08. The maximum absolute atomic E-state index is 12.0. The molecule has 86 valence electrons. The minimum Gasteiger partial charge on any atom is -0.274 e. The number of hydrogen-bond acceptors (Lipinski definition) is 4. The van der Waals surface area contributed by atoms with Crippen molar-refractivity contribution in [1.29, 1.82) is 0 Å². The van der Waals surface area contributed by atoms with Crippen LogP contribution >= 0.6 is 0 Å². The van der Waals surface area contributed by atoms with Crippen molar-refractivity contribution in [1.82, 2.24) is 14.8 Å². The average Bonchev–Trinajstić information content (AvgIpc) is 2.53. The van der Waals surface area contributed by atoms with Crippen molar-refractivity contribution in [3.8, 4) is 0 Å². The van der Waals surface area contributed by atoms with E-state index in [4.69, 9.17) is 0 Å². The van der Waals surface area contributed by atoms with E-state index in [9.17, 15) is 9.59 Å². The van der Waals surface area contributed by atoms with Crippen LogP contribution in [0, 0.1) is 12.3 Å². The Hall–Kier alpha value is -1.72. The number of aromatic nitrogens is 3. The van der Waals surface area contributed by atoms with Crippen molar-refractivity contribution >= 4 is 17.8 Å². The third kappa shape index (κ3) is 1.41. The highest BCUT2D eigenvalue weighted by Crippen LogP contribution is 2.33. The average molecular weight is 222 g/mol. The van der Waals surface area contributed by atoms with Crippen molar-refractivity contribution in [2.24, 2.45) is 12.5 Å². The van der Waals surface area contributed by atoms with Crippen LogP contribution in [0.4, 0.5) is 5.95 Å². The predicted octanol–water partition coefficient (Wildman–Crippen LogP) is 0.413. The quantitative estimate of drug-likeness (QED) is 0.645. The van der Waals surface area contributed by atoms with Gasteiger partial charge in [-0.3, -0.25) is 9.59 Å². The highest BCUT2D eigenvalue weighted by atomic mass is 16.2. The van der Waals surface area contributed by atoms with Crippen LogP contribution in [0.15, 0.2) is 0 Å². The Labute approximate surface area is 93.3 Å². The summed E-state index contributed by atoms with van der Waals surface area (Å²) < 4.78 is 1.45. The van der Waals surface area contributed by atoms with E-state index in [1.165, 1.54) is 4.68 Å². The maximum atomic E-state index is 12.0. The lowest BCUT2D eigenvalue weighted by Gasteiger charge is -2.15. The van der Waals surface area contributed by atoms with Crippen LogP contribution in [0.3, 0.4) is 0 Å². The summed E-state index contributed by atoms with van der Waals surface area (Å²) in [5.74, 6) is 0.416. The van der Waals surface area contributed by atoms with E-state index in [-0.39, 0.29) is 18.2 Å². The van der Waals surface area contributed by atoms with Crippen LogP contribution in [0.1, 0.15) is 26.1 Å². The molecule has 16 heavy (non-hydrogen) atoms. The lowest BCUT2D eigenvalue weighted by atomic mass is 9.92. The van der Waals surface area contributed by atoms with Gasteiger partial charge in [0.2, 0.25) is 17.8 Å². The van der Waals surface area contributed by atoms with Gasteiger partial charge in [0.1, 0.15) is 5.82 Å². The smallest absolute Gasteiger partial charge is 0.242 e. The van der Waals surface area contributed by atoms with E-state index in [1.54, 1.807) is 27.8 Å². The third-order valence-electron chi connectivity index (χ3n) is 2.67. The monoisotopic (exact) mass is 222 g/mol. The van der Waals surface area contributed by atoms with Crippen molar-refractivity contribution < 1.29 is 9.59 Å². The van der Waals surface area contributed by atoms with Gasteiger partial charge in [-0.25, -0.2) is 9.58 Å². The molecule has 1 saturated heterocycles. The van der Waals surface area contributed by atoms with E-state index in [2.05, 4.69) is 10.1 Å². The van der Waals surface area contributed by atoms with Crippen LogP contribution in [0.2, 0.25) is 0 Å². The zero-order chi connectivity index (χ0) is 12.1. The number of nitrogens with zero attached hydrogens (tertiary/aromatic N) is 4. The summed E-state index contributed by atoms with van der Waals surface area (Å²) in [6.45, 7) is 5.24. The van der Waals surface area contributed by atoms with Gasteiger partial charge in [-0.15, -0.1) is 0 Å². The first-order valence-corrected chi connectivity index (χ1v) is 5.08. The number of carbonyl (C=O) groups is 2. The molecular weight excluding hydrogens is 208 g/mol. The van der Waals surface area contributed by atoms with Crippen LogP contribution < -0.4 is 4.90 Å². The molecule has 1 aliphatic heterocycles. The van der Waals surface area contributed by atoms with Gasteiger partial charge < -0.3 is 0 Å². The molecule has 0 radical (unpaired) electrons. The molecule has 0 saturated carbocycles. The topological polar surface area (TPSA) is 68.1 Å². The van der Waals surface area contributed by atoms with Gasteiger partial charge in [-0.2, -0.15) is 10.1 Å². The molecular formula is C10H14N4O2. The van der Waals surface area contributed by atoms with E-state index in [0.717, 1.165) is 4.90 Å². The molecule has 0 N–H and O–H groups in total. The number of anilines is 1. The Morgan fingerprint density at radius 2 is 1.94 bits per heavy atom. The minimum atomic E-state index is -0.642. The van der Waals surface area contributed by atoms with Gasteiger partial charge in [-0.1, -0.05) is 13.8 Å². The second-order valence-electron chi connectivity index (χ2n) is 4.68. The standard InChI is InChI=1S/C10H14N4O2/c1-6-11-9(13(4)12-6)14-7(15)5-10(2,3)8(14)16/h5H2,1-4H3. The molecule has 6 nitrogen and oxygen atoms in total. The second kappa shape index (κ2) is 3.13. The van der Waals surface area contributed by atoms with Gasteiger partial charge in [0.25, 0.3) is 0 Å². The van der Waals surface area contributed by atoms with Crippen molar-refractivity contribution in [3.05, 3.63) is 5.82 Å². The molecule has 1 aromatic rings. The van der Waals surface area contributed by atoms with E-state index < -0.39 is 5.41 Å². The molecule has 2 heterocycles. The number of carbonyl (C=O) groups excluding carboxylic acids is 2. The van der Waals surface area contributed by atoms with Gasteiger partial charge in [0.15, 0.2) is 0 Å². The Morgan fingerprint density at radius 1 is 1.31 bits per heavy atom. The van der Waals surface area contributed by atoms with E-state index in [0.29, 0.717) is 11.8 Å². The number of amides is 2. The van der Waals surface area contributed by atoms with Crippen LogP contribution in [0.5, 0.6) is 0 Å². The Morgan fingerprint density at radius 3 is 2.31 bits per heavy atom. The first kappa shape index (κ1) is 10.8. The molecule has 0 aromatic carbocycles. The Kier molecular flexibility index (Phi) is 2.11. The first-order chi connectivity index (χ1) is 7.33. The summed E-state index contributed by atoms with van der Waals surface area (Å²) in [6, 6.07) is 0. The van der Waals surface area contributed by atoms with Crippen LogP contribution in [0.25, 0.3) is 0 Å². The Bertz CT molecular complexity index is 475. The lowest BCUT2D eigenvalue weighted by molar-refractivity contribution is -0.124. The van der Waals surface area contributed by atoms with Gasteiger partial charge >= 0.3 is 0 Å². The number of aryl methyl sites for hydroxylation is 2. The van der Waals surface area contributed by atoms with Gasteiger partial charge in [0, 0.05) is 13.5 Å². The molecule has 0 bridgehead atoms. The zero-order valence-corrected chi connectivity index (χ0v) is 9.81. The summed E-state index contributed by atoms with van der Waals surface area (Å²) in [5.41, 5.74) is -0.642. The fourth-order valence-electron chi connectivity index (χ4n) is 1.85. The fourth-order valence-corrected chi connectivity index (χ4v) is 1.85. The number of rotatable bonds is 1. The summed E-state index contributed by atoms with van der Waals surface area (Å²) in [6.07, 6.45) is 0.220. The summed E-state index contributed by atoms with van der Waals surface area (Å²) >= 11 is 0. The van der Waals surface area contributed by atoms with E-state index >= 15 is 0 Å².